The third-order valence-corrected chi connectivity index (χ3v) is 11.5. The van der Waals surface area contributed by atoms with Crippen LogP contribution in [0.5, 0.6) is 0 Å². The molecular weight excluding hydrogens is 635 g/mol. The predicted molar refractivity (Wildman–Crippen MR) is 176 cm³/mol. The number of nitrogens with zero attached hydrogens (tertiary/aromatic N) is 2. The van der Waals surface area contributed by atoms with Crippen LogP contribution >= 0.6 is 23.2 Å². The van der Waals surface area contributed by atoms with Crippen LogP contribution in [0.15, 0.2) is 41.3 Å². The molecule has 2 amide bonds. The van der Waals surface area contributed by atoms with E-state index in [1.807, 2.05) is 18.7 Å². The summed E-state index contributed by atoms with van der Waals surface area (Å²) in [6.45, 7) is 6.86. The average molecular weight is 672 g/mol. The smallest absolute Gasteiger partial charge is 0.256 e. The molecule has 0 aliphatic carbocycles. The Morgan fingerprint density at radius 1 is 1.09 bits per heavy atom. The Bertz CT molecular complexity index is 1800. The standard InChI is InChI=1S/C33H36Cl2N4O5S/c1-19-24(15-32(41)39-11-4-5-21(39)16-38-12-10-22(40)17-38)20(2)36-31(19)14-26-25-13-23(8-9-30(25)37-33(26)42)45(43,44)18-27-28(34)6-3-7-29(27)35/h3,6-9,13-14,21-22,36,40H,4-5,10-12,15-18H2,1-2H3,(H,37,42)/b26-14-/t21-,22+/m0/s1. The van der Waals surface area contributed by atoms with Gasteiger partial charge in [0, 0.05) is 70.5 Å². The second kappa shape index (κ2) is 12.6. The molecule has 3 aromatic rings. The average Bonchev–Trinajstić information content (AvgIpc) is 3.75. The largest absolute Gasteiger partial charge is 0.392 e. The van der Waals surface area contributed by atoms with Crippen LogP contribution in [0.1, 0.15) is 52.9 Å². The van der Waals surface area contributed by atoms with Crippen LogP contribution in [-0.4, -0.2) is 78.4 Å². The minimum Gasteiger partial charge on any atom is -0.392 e. The van der Waals surface area contributed by atoms with Gasteiger partial charge in [0.1, 0.15) is 0 Å². The number of halogens is 2. The number of carbonyl (C=O) groups is 2. The van der Waals surface area contributed by atoms with E-state index in [0.29, 0.717) is 34.6 Å². The van der Waals surface area contributed by atoms with Crippen LogP contribution in [0.4, 0.5) is 5.69 Å². The fourth-order valence-electron chi connectivity index (χ4n) is 6.70. The summed E-state index contributed by atoms with van der Waals surface area (Å²) in [6, 6.07) is 9.54. The summed E-state index contributed by atoms with van der Waals surface area (Å²) in [5, 5.41) is 13.3. The molecule has 0 bridgehead atoms. The Morgan fingerprint density at radius 3 is 2.56 bits per heavy atom. The van der Waals surface area contributed by atoms with Crippen LogP contribution in [0, 0.1) is 13.8 Å². The van der Waals surface area contributed by atoms with E-state index in [2.05, 4.69) is 15.2 Å². The number of aliphatic hydroxyl groups is 1. The second-order valence-electron chi connectivity index (χ2n) is 12.2. The van der Waals surface area contributed by atoms with E-state index in [9.17, 15) is 23.1 Å². The molecule has 2 aromatic carbocycles. The molecule has 2 fully saturated rings. The maximum atomic E-state index is 13.5. The van der Waals surface area contributed by atoms with Gasteiger partial charge in [-0.15, -0.1) is 0 Å². The van der Waals surface area contributed by atoms with Gasteiger partial charge in [-0.25, -0.2) is 8.42 Å². The first-order valence-electron chi connectivity index (χ1n) is 15.1. The number of hydrogen-bond acceptors (Lipinski definition) is 6. The zero-order valence-electron chi connectivity index (χ0n) is 25.2. The predicted octanol–water partition coefficient (Wildman–Crippen LogP) is 5.01. The van der Waals surface area contributed by atoms with Gasteiger partial charge in [0.2, 0.25) is 5.91 Å². The van der Waals surface area contributed by atoms with Gasteiger partial charge >= 0.3 is 0 Å². The van der Waals surface area contributed by atoms with Gasteiger partial charge in [-0.1, -0.05) is 29.3 Å². The second-order valence-corrected chi connectivity index (χ2v) is 15.0. The van der Waals surface area contributed by atoms with Gasteiger partial charge in [-0.3, -0.25) is 14.5 Å². The summed E-state index contributed by atoms with van der Waals surface area (Å²) in [7, 11) is -3.84. The minimum atomic E-state index is -3.84. The highest BCUT2D eigenvalue weighted by Gasteiger charge is 2.33. The maximum Gasteiger partial charge on any atom is 0.256 e. The Morgan fingerprint density at radius 2 is 1.84 bits per heavy atom. The first-order chi connectivity index (χ1) is 21.4. The number of nitrogens with one attached hydrogen (secondary N) is 2. The number of rotatable bonds is 8. The molecule has 6 rings (SSSR count). The van der Waals surface area contributed by atoms with E-state index in [-0.39, 0.29) is 51.1 Å². The van der Waals surface area contributed by atoms with Crippen LogP contribution in [0.2, 0.25) is 10.0 Å². The molecule has 238 valence electrons. The van der Waals surface area contributed by atoms with Crippen molar-refractivity contribution in [2.45, 2.75) is 62.3 Å². The molecule has 3 N–H and O–H groups in total. The van der Waals surface area contributed by atoms with Crippen LogP contribution < -0.4 is 5.32 Å². The lowest BCUT2D eigenvalue weighted by Crippen LogP contribution is -2.43. The van der Waals surface area contributed by atoms with Gasteiger partial charge in [0.05, 0.1) is 28.7 Å². The fraction of sp³-hybridized carbons (Fsp3) is 0.394. The lowest BCUT2D eigenvalue weighted by Gasteiger charge is -2.28. The summed E-state index contributed by atoms with van der Waals surface area (Å²) >= 11 is 12.5. The number of amides is 2. The van der Waals surface area contributed by atoms with Gasteiger partial charge in [-0.2, -0.15) is 0 Å². The number of H-pyrrole nitrogens is 1. The SMILES string of the molecule is Cc1[nH]c(/C=C2\C(=O)Nc3ccc(S(=O)(=O)Cc4c(Cl)cccc4Cl)cc32)c(C)c1CC(=O)N1CCC[C@H]1CN1CC[C@@H](O)C1. The van der Waals surface area contributed by atoms with Crippen molar-refractivity contribution in [3.8, 4) is 0 Å². The number of benzene rings is 2. The van der Waals surface area contributed by atoms with Crippen LogP contribution in [0.25, 0.3) is 11.6 Å². The molecule has 3 aliphatic heterocycles. The first-order valence-corrected chi connectivity index (χ1v) is 17.5. The Balaban J connectivity index is 1.23. The minimum absolute atomic E-state index is 0.0499. The maximum absolute atomic E-state index is 13.5. The summed E-state index contributed by atoms with van der Waals surface area (Å²) in [5.41, 5.74) is 4.93. The number of fused-ring (bicyclic) bond motifs is 1. The summed E-state index contributed by atoms with van der Waals surface area (Å²) in [4.78, 5) is 34.2. The molecule has 0 radical (unpaired) electrons. The molecule has 1 aromatic heterocycles. The molecule has 0 spiro atoms. The van der Waals surface area contributed by atoms with Crippen LogP contribution in [0.3, 0.4) is 0 Å². The zero-order valence-corrected chi connectivity index (χ0v) is 27.5. The van der Waals surface area contributed by atoms with E-state index in [0.717, 1.165) is 55.7 Å². The number of aryl methyl sites for hydroxylation is 1. The van der Waals surface area contributed by atoms with Crippen molar-refractivity contribution < 1.29 is 23.1 Å². The number of anilines is 1. The molecule has 2 atom stereocenters. The van der Waals surface area contributed by atoms with Crippen molar-refractivity contribution in [2.24, 2.45) is 0 Å². The highest BCUT2D eigenvalue weighted by atomic mass is 35.5. The Labute approximate surface area is 273 Å². The van der Waals surface area contributed by atoms with Crippen molar-refractivity contribution >= 4 is 62.2 Å². The monoisotopic (exact) mass is 670 g/mol. The summed E-state index contributed by atoms with van der Waals surface area (Å²) in [6.07, 6.45) is 4.37. The zero-order chi connectivity index (χ0) is 32.0. The number of sulfone groups is 1. The molecule has 4 heterocycles. The Hall–Kier alpha value is -3.15. The highest BCUT2D eigenvalue weighted by molar-refractivity contribution is 7.90. The number of β-amino-alcohol motifs (C(OH)–C–C–N with tert-alkyl or cyclic N) is 1. The lowest BCUT2D eigenvalue weighted by atomic mass is 10.0. The van der Waals surface area contributed by atoms with Gasteiger partial charge in [0.15, 0.2) is 9.84 Å². The molecule has 0 unspecified atom stereocenters. The normalized spacial score (nSPS) is 21.1. The summed E-state index contributed by atoms with van der Waals surface area (Å²) < 4.78 is 26.8. The quantitative estimate of drug-likeness (QED) is 0.290. The number of carbonyl (C=O) groups excluding carboxylic acids is 2. The van der Waals surface area contributed by atoms with Gasteiger partial charge < -0.3 is 20.3 Å². The molecule has 12 heteroatoms. The molecule has 45 heavy (non-hydrogen) atoms. The Kier molecular flexibility index (Phi) is 8.88. The molecule has 3 aliphatic rings. The van der Waals surface area contributed by atoms with E-state index in [4.69, 9.17) is 23.2 Å². The number of likely N-dealkylation sites (tertiary alicyclic amines) is 2. The van der Waals surface area contributed by atoms with E-state index >= 15 is 0 Å². The highest BCUT2D eigenvalue weighted by Crippen LogP contribution is 2.37. The number of aromatic amines is 1. The third-order valence-electron chi connectivity index (χ3n) is 9.19. The number of hydrogen-bond donors (Lipinski definition) is 3. The lowest BCUT2D eigenvalue weighted by molar-refractivity contribution is -0.131. The molecular formula is C33H36Cl2N4O5S. The fourth-order valence-corrected chi connectivity index (χ4v) is 8.82. The van der Waals surface area contributed by atoms with Gasteiger partial charge in [-0.05, 0) is 80.6 Å². The van der Waals surface area contributed by atoms with Crippen molar-refractivity contribution in [3.05, 3.63) is 80.1 Å². The van der Waals surface area contributed by atoms with Gasteiger partial charge in [0.25, 0.3) is 5.91 Å². The van der Waals surface area contributed by atoms with Crippen molar-refractivity contribution in [1.82, 2.24) is 14.8 Å². The number of aliphatic hydroxyl groups excluding tert-OH is 1. The molecule has 2 saturated heterocycles. The summed E-state index contributed by atoms with van der Waals surface area (Å²) in [5.74, 6) is -0.654. The van der Waals surface area contributed by atoms with E-state index in [1.54, 1.807) is 30.3 Å². The first kappa shape index (κ1) is 31.8. The van der Waals surface area contributed by atoms with Crippen LogP contribution in [-0.2, 0) is 31.6 Å². The van der Waals surface area contributed by atoms with E-state index in [1.165, 1.54) is 12.1 Å². The van der Waals surface area contributed by atoms with Crippen molar-refractivity contribution in [1.29, 1.82) is 0 Å². The molecule has 9 nitrogen and oxygen atoms in total. The van der Waals surface area contributed by atoms with Crippen molar-refractivity contribution in [2.75, 3.05) is 31.5 Å². The van der Waals surface area contributed by atoms with Crippen molar-refractivity contribution in [3.63, 3.8) is 0 Å². The number of aromatic nitrogens is 1. The van der Waals surface area contributed by atoms with E-state index < -0.39 is 9.84 Å². The topological polar surface area (TPSA) is 123 Å². The molecule has 0 saturated carbocycles. The third kappa shape index (κ3) is 6.44.